The van der Waals surface area contributed by atoms with Gasteiger partial charge in [-0.25, -0.2) is 8.42 Å². The Hall–Kier alpha value is -0.840. The first kappa shape index (κ1) is 14.2. The van der Waals surface area contributed by atoms with Crippen LogP contribution in [0.5, 0.6) is 0 Å². The molecule has 0 spiro atoms. The second kappa shape index (κ2) is 5.67. The molecule has 0 aromatic rings. The van der Waals surface area contributed by atoms with E-state index in [2.05, 4.69) is 25.1 Å². The minimum absolute atomic E-state index is 0.173. The molecule has 4 nitrogen and oxygen atoms in total. The summed E-state index contributed by atoms with van der Waals surface area (Å²) in [6.45, 7) is 7.57. The van der Waals surface area contributed by atoms with E-state index in [0.717, 1.165) is 19.3 Å². The van der Waals surface area contributed by atoms with Gasteiger partial charge in [-0.05, 0) is 31.1 Å². The van der Waals surface area contributed by atoms with Crippen molar-refractivity contribution in [3.8, 4) is 0 Å². The molecule has 98 valence electrons. The monoisotopic (exact) mass is 259 g/mol. The molecule has 1 aliphatic rings. The number of nitrogens with one attached hydrogen (secondary N) is 1. The Morgan fingerprint density at radius 1 is 1.29 bits per heavy atom. The van der Waals surface area contributed by atoms with Gasteiger partial charge in [0.05, 0.1) is 5.75 Å². The third-order valence-electron chi connectivity index (χ3n) is 3.14. The van der Waals surface area contributed by atoms with Crippen molar-refractivity contribution in [3.05, 3.63) is 12.7 Å². The van der Waals surface area contributed by atoms with Gasteiger partial charge in [0.2, 0.25) is 15.9 Å². The highest BCUT2D eigenvalue weighted by molar-refractivity contribution is 7.90. The summed E-state index contributed by atoms with van der Waals surface area (Å²) in [6, 6.07) is 0. The van der Waals surface area contributed by atoms with E-state index < -0.39 is 10.0 Å². The number of hydrogen-bond donors (Lipinski definition) is 1. The molecule has 1 N–H and O–H groups in total. The topological polar surface area (TPSA) is 63.2 Å². The third kappa shape index (κ3) is 4.50. The zero-order valence-corrected chi connectivity index (χ0v) is 11.3. The Labute approximate surface area is 104 Å². The lowest BCUT2D eigenvalue weighted by molar-refractivity contribution is -0.125. The maximum atomic E-state index is 11.9. The number of rotatable bonds is 4. The molecule has 0 radical (unpaired) electrons. The molecule has 2 atom stereocenters. The van der Waals surface area contributed by atoms with Crippen LogP contribution in [0.25, 0.3) is 0 Å². The van der Waals surface area contributed by atoms with Crippen molar-refractivity contribution in [2.45, 2.75) is 33.1 Å². The number of carbonyl (C=O) groups is 1. The van der Waals surface area contributed by atoms with E-state index in [1.54, 1.807) is 0 Å². The Bertz CT molecular complexity index is 379. The van der Waals surface area contributed by atoms with Gasteiger partial charge in [0.1, 0.15) is 0 Å². The van der Waals surface area contributed by atoms with Crippen molar-refractivity contribution < 1.29 is 13.2 Å². The van der Waals surface area contributed by atoms with E-state index in [1.165, 1.54) is 6.08 Å². The highest BCUT2D eigenvalue weighted by atomic mass is 32.2. The quantitative estimate of drug-likeness (QED) is 0.781. The van der Waals surface area contributed by atoms with E-state index in [-0.39, 0.29) is 17.6 Å². The van der Waals surface area contributed by atoms with E-state index in [4.69, 9.17) is 0 Å². The minimum atomic E-state index is -3.53. The van der Waals surface area contributed by atoms with Gasteiger partial charge in [-0.2, -0.15) is 0 Å². The average Bonchev–Trinajstić information content (AvgIpc) is 2.14. The van der Waals surface area contributed by atoms with Gasteiger partial charge in [0, 0.05) is 5.92 Å². The average molecular weight is 259 g/mol. The first-order valence-electron chi connectivity index (χ1n) is 5.99. The summed E-state index contributed by atoms with van der Waals surface area (Å²) in [7, 11) is -3.53. The minimum Gasteiger partial charge on any atom is -0.274 e. The number of carbonyl (C=O) groups excluding carboxylic acids is 1. The van der Waals surface area contributed by atoms with Crippen LogP contribution in [0.3, 0.4) is 0 Å². The lowest BCUT2D eigenvalue weighted by atomic mass is 9.76. The van der Waals surface area contributed by atoms with Crippen LogP contribution in [0.15, 0.2) is 12.7 Å². The number of amides is 1. The summed E-state index contributed by atoms with van der Waals surface area (Å²) in [5.41, 5.74) is 0. The molecule has 0 saturated heterocycles. The summed E-state index contributed by atoms with van der Waals surface area (Å²) < 4.78 is 25.0. The van der Waals surface area contributed by atoms with E-state index in [1.807, 2.05) is 0 Å². The van der Waals surface area contributed by atoms with Crippen molar-refractivity contribution in [2.75, 3.05) is 5.75 Å². The fraction of sp³-hybridized carbons (Fsp3) is 0.750. The van der Waals surface area contributed by atoms with E-state index in [9.17, 15) is 13.2 Å². The van der Waals surface area contributed by atoms with Crippen molar-refractivity contribution >= 4 is 15.9 Å². The smallest absolute Gasteiger partial charge is 0.238 e. The van der Waals surface area contributed by atoms with E-state index in [0.29, 0.717) is 11.8 Å². The Morgan fingerprint density at radius 3 is 2.29 bits per heavy atom. The number of hydrogen-bond acceptors (Lipinski definition) is 3. The van der Waals surface area contributed by atoms with Gasteiger partial charge < -0.3 is 0 Å². The lowest BCUT2D eigenvalue weighted by Crippen LogP contribution is -2.39. The molecule has 0 bridgehead atoms. The SMILES string of the molecule is C=CCS(=O)(=O)NC(=O)C1C[C@@H](C)C[C@H](C)C1. The molecule has 0 heterocycles. The first-order valence-corrected chi connectivity index (χ1v) is 7.64. The summed E-state index contributed by atoms with van der Waals surface area (Å²) in [5.74, 6) is 0.225. The zero-order valence-electron chi connectivity index (χ0n) is 10.5. The molecule has 1 aliphatic carbocycles. The van der Waals surface area contributed by atoms with E-state index >= 15 is 0 Å². The number of sulfonamides is 1. The van der Waals surface area contributed by atoms with Gasteiger partial charge in [0.15, 0.2) is 0 Å². The molecule has 5 heteroatoms. The maximum Gasteiger partial charge on any atom is 0.238 e. The molecule has 0 aromatic carbocycles. The van der Waals surface area contributed by atoms with Crippen LogP contribution in [0.2, 0.25) is 0 Å². The largest absolute Gasteiger partial charge is 0.274 e. The maximum absolute atomic E-state index is 11.9. The normalized spacial score (nSPS) is 29.6. The fourth-order valence-electron chi connectivity index (χ4n) is 2.59. The Balaban J connectivity index is 2.61. The second-order valence-electron chi connectivity index (χ2n) is 5.15. The first-order chi connectivity index (χ1) is 7.84. The van der Waals surface area contributed by atoms with Crippen LogP contribution >= 0.6 is 0 Å². The van der Waals surface area contributed by atoms with Crippen LogP contribution in [-0.4, -0.2) is 20.1 Å². The molecule has 1 amide bonds. The van der Waals surface area contributed by atoms with Crippen LogP contribution in [0.1, 0.15) is 33.1 Å². The second-order valence-corrected chi connectivity index (χ2v) is 6.92. The van der Waals surface area contributed by atoms with Crippen molar-refractivity contribution in [2.24, 2.45) is 17.8 Å². The summed E-state index contributed by atoms with van der Waals surface area (Å²) in [4.78, 5) is 11.9. The molecule has 17 heavy (non-hydrogen) atoms. The molecule has 1 saturated carbocycles. The summed E-state index contributed by atoms with van der Waals surface area (Å²) in [5, 5.41) is 0. The van der Waals surface area contributed by atoms with Crippen LogP contribution in [0.4, 0.5) is 0 Å². The molecule has 0 aromatic heterocycles. The van der Waals surface area contributed by atoms with Gasteiger partial charge >= 0.3 is 0 Å². The molecular formula is C12H21NO3S. The predicted octanol–water partition coefficient (Wildman–Crippen LogP) is 1.69. The van der Waals surface area contributed by atoms with Crippen molar-refractivity contribution in [1.29, 1.82) is 0 Å². The van der Waals surface area contributed by atoms with Gasteiger partial charge in [-0.1, -0.05) is 19.9 Å². The molecular weight excluding hydrogens is 238 g/mol. The molecule has 0 aliphatic heterocycles. The highest BCUT2D eigenvalue weighted by Crippen LogP contribution is 2.32. The summed E-state index contributed by atoms with van der Waals surface area (Å²) >= 11 is 0. The van der Waals surface area contributed by atoms with Gasteiger partial charge in [-0.15, -0.1) is 6.58 Å². The zero-order chi connectivity index (χ0) is 13.1. The fourth-order valence-corrected chi connectivity index (χ4v) is 3.46. The lowest BCUT2D eigenvalue weighted by Gasteiger charge is -2.30. The predicted molar refractivity (Wildman–Crippen MR) is 67.8 cm³/mol. The Morgan fingerprint density at radius 2 is 1.82 bits per heavy atom. The molecule has 0 unspecified atom stereocenters. The van der Waals surface area contributed by atoms with Gasteiger partial charge in [0.25, 0.3) is 0 Å². The Kier molecular flexibility index (Phi) is 4.74. The summed E-state index contributed by atoms with van der Waals surface area (Å²) in [6.07, 6.45) is 3.95. The van der Waals surface area contributed by atoms with Crippen molar-refractivity contribution in [1.82, 2.24) is 4.72 Å². The van der Waals surface area contributed by atoms with Crippen LogP contribution in [0, 0.1) is 17.8 Å². The van der Waals surface area contributed by atoms with Crippen LogP contribution in [-0.2, 0) is 14.8 Å². The standard InChI is InChI=1S/C12H21NO3S/c1-4-5-17(15,16)13-12(14)11-7-9(2)6-10(3)8-11/h4,9-11H,1,5-8H2,2-3H3,(H,13,14)/t9-,10-/m0/s1. The molecule has 1 rings (SSSR count). The highest BCUT2D eigenvalue weighted by Gasteiger charge is 2.30. The van der Waals surface area contributed by atoms with Crippen LogP contribution < -0.4 is 4.72 Å². The van der Waals surface area contributed by atoms with Crippen molar-refractivity contribution in [3.63, 3.8) is 0 Å². The third-order valence-corrected chi connectivity index (χ3v) is 4.33. The molecule has 1 fully saturated rings. The van der Waals surface area contributed by atoms with Gasteiger partial charge in [-0.3, -0.25) is 9.52 Å².